The molecule has 4 aromatic carbocycles. The van der Waals surface area contributed by atoms with Gasteiger partial charge < -0.3 is 4.43 Å². The zero-order valence-electron chi connectivity index (χ0n) is 20.8. The summed E-state index contributed by atoms with van der Waals surface area (Å²) in [5.41, 5.74) is 4.64. The average Bonchev–Trinajstić information content (AvgIpc) is 2.89. The third-order valence-electron chi connectivity index (χ3n) is 7.10. The molecule has 0 spiro atoms. The molecular weight excluding hydrogens is 499 g/mol. The first-order valence-electron chi connectivity index (χ1n) is 12.3. The molecule has 0 unspecified atom stereocenters. The van der Waals surface area contributed by atoms with Crippen molar-refractivity contribution in [1.29, 1.82) is 0 Å². The van der Waals surface area contributed by atoms with Crippen LogP contribution in [0.1, 0.15) is 50.0 Å². The van der Waals surface area contributed by atoms with Crippen LogP contribution < -0.4 is 10.4 Å². The molecule has 0 saturated heterocycles. The van der Waals surface area contributed by atoms with E-state index in [1.807, 2.05) is 18.2 Å². The van der Waals surface area contributed by atoms with Crippen molar-refractivity contribution >= 4 is 47.5 Å². The van der Waals surface area contributed by atoms with Gasteiger partial charge in [-0.15, -0.1) is 0 Å². The van der Waals surface area contributed by atoms with Crippen molar-refractivity contribution in [3.8, 4) is 0 Å². The van der Waals surface area contributed by atoms with E-state index < -0.39 is 8.32 Å². The van der Waals surface area contributed by atoms with Crippen molar-refractivity contribution in [1.82, 2.24) is 0 Å². The van der Waals surface area contributed by atoms with Crippen molar-refractivity contribution in [2.24, 2.45) is 0 Å². The molecular formula is C32H30Cl2OSi. The smallest absolute Gasteiger partial charge is 0.261 e. The number of hydrogen-bond donors (Lipinski definition) is 0. The molecule has 0 saturated carbocycles. The van der Waals surface area contributed by atoms with Gasteiger partial charge in [-0.25, -0.2) is 0 Å². The zero-order valence-corrected chi connectivity index (χ0v) is 23.4. The van der Waals surface area contributed by atoms with E-state index in [2.05, 4.69) is 112 Å². The second-order valence-corrected chi connectivity index (χ2v) is 15.4. The maximum Gasteiger partial charge on any atom is 0.261 e. The highest BCUT2D eigenvalue weighted by Crippen LogP contribution is 2.45. The molecule has 0 heterocycles. The zero-order chi connectivity index (χ0) is 25.3. The lowest BCUT2D eigenvalue weighted by Crippen LogP contribution is -2.66. The molecule has 0 bridgehead atoms. The minimum Gasteiger partial charge on any atom is -0.400 e. The maximum absolute atomic E-state index is 7.52. The number of halogens is 2. The highest BCUT2D eigenvalue weighted by molar-refractivity contribution is 6.99. The third kappa shape index (κ3) is 4.48. The van der Waals surface area contributed by atoms with Gasteiger partial charge in [0.1, 0.15) is 0 Å². The van der Waals surface area contributed by atoms with Gasteiger partial charge in [-0.05, 0) is 56.2 Å². The highest BCUT2D eigenvalue weighted by atomic mass is 35.5. The maximum atomic E-state index is 7.52. The van der Waals surface area contributed by atoms with Crippen molar-refractivity contribution in [2.45, 2.75) is 38.3 Å². The van der Waals surface area contributed by atoms with E-state index in [-0.39, 0.29) is 11.1 Å². The first-order chi connectivity index (χ1) is 17.3. The summed E-state index contributed by atoms with van der Waals surface area (Å²) in [7, 11) is -2.69. The molecule has 182 valence electrons. The van der Waals surface area contributed by atoms with Crippen LogP contribution in [0.3, 0.4) is 0 Å². The molecule has 4 aromatic rings. The first kappa shape index (κ1) is 25.0. The fourth-order valence-electron chi connectivity index (χ4n) is 5.44. The van der Waals surface area contributed by atoms with Crippen LogP contribution in [-0.2, 0) is 4.43 Å². The van der Waals surface area contributed by atoms with Crippen LogP contribution in [0.15, 0.2) is 109 Å². The summed E-state index contributed by atoms with van der Waals surface area (Å²) in [5, 5.41) is 3.63. The van der Waals surface area contributed by atoms with Gasteiger partial charge in [0.05, 0.1) is 16.1 Å². The van der Waals surface area contributed by atoms with Gasteiger partial charge in [-0.3, -0.25) is 0 Å². The van der Waals surface area contributed by atoms with Crippen LogP contribution in [0, 0.1) is 0 Å². The van der Waals surface area contributed by atoms with Gasteiger partial charge in [0.2, 0.25) is 0 Å². The van der Waals surface area contributed by atoms with Crippen LogP contribution in [0.25, 0.3) is 5.57 Å². The minimum atomic E-state index is -2.69. The SMILES string of the molecule is CC(C)(C)[Si](O[C@@H]1CC=C(c2ccc(Cl)c(Cl)c2)c2ccccc21)(c1ccccc1)c1ccccc1. The lowest BCUT2D eigenvalue weighted by Gasteiger charge is -2.46. The van der Waals surface area contributed by atoms with Gasteiger partial charge in [-0.1, -0.05) is 141 Å². The summed E-state index contributed by atoms with van der Waals surface area (Å²) in [6.45, 7) is 6.97. The summed E-state index contributed by atoms with van der Waals surface area (Å²) < 4.78 is 7.52. The molecule has 0 fully saturated rings. The molecule has 1 aliphatic rings. The van der Waals surface area contributed by atoms with Gasteiger partial charge in [-0.2, -0.15) is 0 Å². The van der Waals surface area contributed by atoms with E-state index in [0.717, 1.165) is 12.0 Å². The second kappa shape index (κ2) is 10.0. The van der Waals surface area contributed by atoms with Crippen LogP contribution in [0.2, 0.25) is 15.1 Å². The summed E-state index contributed by atoms with van der Waals surface area (Å²) in [6.07, 6.45) is 3.03. The van der Waals surface area contributed by atoms with E-state index in [1.54, 1.807) is 0 Å². The third-order valence-corrected chi connectivity index (χ3v) is 12.9. The Bertz CT molecular complexity index is 1350. The Kier molecular flexibility index (Phi) is 6.98. The van der Waals surface area contributed by atoms with Gasteiger partial charge in [0, 0.05) is 0 Å². The molecule has 1 nitrogen and oxygen atoms in total. The van der Waals surface area contributed by atoms with E-state index in [1.165, 1.54) is 27.1 Å². The molecule has 0 aromatic heterocycles. The average molecular weight is 530 g/mol. The Morgan fingerprint density at radius 3 is 1.89 bits per heavy atom. The Morgan fingerprint density at radius 2 is 1.31 bits per heavy atom. The van der Waals surface area contributed by atoms with Gasteiger partial charge in [0.15, 0.2) is 0 Å². The van der Waals surface area contributed by atoms with Crippen molar-refractivity contribution in [2.75, 3.05) is 0 Å². The molecule has 4 heteroatoms. The Balaban J connectivity index is 1.64. The minimum absolute atomic E-state index is 0.0565. The quantitative estimate of drug-likeness (QED) is 0.236. The Labute approximate surface area is 225 Å². The van der Waals surface area contributed by atoms with Crippen molar-refractivity contribution in [3.05, 3.63) is 136 Å². The molecule has 0 N–H and O–H groups in total. The van der Waals surface area contributed by atoms with Crippen molar-refractivity contribution in [3.63, 3.8) is 0 Å². The molecule has 1 aliphatic carbocycles. The first-order valence-corrected chi connectivity index (χ1v) is 15.0. The molecule has 0 aliphatic heterocycles. The fraction of sp³-hybridized carbons (Fsp3) is 0.188. The number of fused-ring (bicyclic) bond motifs is 1. The number of benzene rings is 4. The lowest BCUT2D eigenvalue weighted by molar-refractivity contribution is 0.192. The lowest BCUT2D eigenvalue weighted by atomic mass is 9.85. The van der Waals surface area contributed by atoms with Gasteiger partial charge in [0.25, 0.3) is 8.32 Å². The van der Waals surface area contributed by atoms with Crippen LogP contribution in [0.4, 0.5) is 0 Å². The summed E-state index contributed by atoms with van der Waals surface area (Å²) >= 11 is 12.6. The predicted molar refractivity (Wildman–Crippen MR) is 156 cm³/mol. The Morgan fingerprint density at radius 1 is 0.722 bits per heavy atom. The van der Waals surface area contributed by atoms with Crippen LogP contribution >= 0.6 is 23.2 Å². The van der Waals surface area contributed by atoms with E-state index in [4.69, 9.17) is 27.6 Å². The van der Waals surface area contributed by atoms with E-state index in [0.29, 0.717) is 10.0 Å². The van der Waals surface area contributed by atoms with E-state index >= 15 is 0 Å². The summed E-state index contributed by atoms with van der Waals surface area (Å²) in [6, 6.07) is 36.1. The van der Waals surface area contributed by atoms with Crippen molar-refractivity contribution < 1.29 is 4.43 Å². The molecule has 1 atom stereocenters. The van der Waals surface area contributed by atoms with E-state index in [9.17, 15) is 0 Å². The Hall–Kier alpha value is -2.62. The number of rotatable bonds is 5. The summed E-state index contributed by atoms with van der Waals surface area (Å²) in [4.78, 5) is 0. The summed E-state index contributed by atoms with van der Waals surface area (Å²) in [5.74, 6) is 0. The monoisotopic (exact) mass is 528 g/mol. The molecule has 36 heavy (non-hydrogen) atoms. The predicted octanol–water partition coefficient (Wildman–Crippen LogP) is 8.45. The molecule has 0 radical (unpaired) electrons. The normalized spacial score (nSPS) is 15.8. The second-order valence-electron chi connectivity index (χ2n) is 10.3. The fourth-order valence-corrected chi connectivity index (χ4v) is 10.4. The highest BCUT2D eigenvalue weighted by Gasteiger charge is 2.51. The van der Waals surface area contributed by atoms with Gasteiger partial charge >= 0.3 is 0 Å². The standard InChI is InChI=1S/C32H30Cl2OSi/c1-32(2,3)36(24-12-6-4-7-13-24,25-14-8-5-9-15-25)35-31-21-19-26(27-16-10-11-17-28(27)31)23-18-20-29(33)30(34)22-23/h4-20,22,31H,21H2,1-3H3/t31-/m1/s1. The molecule has 5 rings (SSSR count). The largest absolute Gasteiger partial charge is 0.400 e. The molecule has 0 amide bonds. The topological polar surface area (TPSA) is 9.23 Å². The van der Waals surface area contributed by atoms with Crippen LogP contribution in [-0.4, -0.2) is 8.32 Å². The van der Waals surface area contributed by atoms with Crippen LogP contribution in [0.5, 0.6) is 0 Å². The number of hydrogen-bond acceptors (Lipinski definition) is 1.